The molecule has 0 fully saturated rings. The second-order valence-electron chi connectivity index (χ2n) is 9.52. The van der Waals surface area contributed by atoms with Crippen molar-refractivity contribution in [2.24, 2.45) is 0 Å². The maximum absolute atomic E-state index is 13.7. The Hall–Kier alpha value is -3.60. The van der Waals surface area contributed by atoms with Crippen LogP contribution >= 0.6 is 0 Å². The number of hydrogen-bond donors (Lipinski definition) is 1. The second kappa shape index (κ2) is 12.9. The van der Waals surface area contributed by atoms with Crippen molar-refractivity contribution >= 4 is 11.8 Å². The average molecular weight is 487 g/mol. The van der Waals surface area contributed by atoms with Gasteiger partial charge in [0, 0.05) is 19.0 Å². The maximum Gasteiger partial charge on any atom is 0.261 e. The van der Waals surface area contributed by atoms with Crippen LogP contribution in [0.5, 0.6) is 5.75 Å². The molecule has 36 heavy (non-hydrogen) atoms. The number of nitrogens with one attached hydrogen (secondary N) is 1. The molecule has 3 aromatic rings. The quantitative estimate of drug-likeness (QED) is 0.387. The molecule has 2 amide bonds. The largest absolute Gasteiger partial charge is 0.483 e. The topological polar surface area (TPSA) is 58.6 Å². The minimum Gasteiger partial charge on any atom is -0.483 e. The Balaban J connectivity index is 1.92. The first-order valence-corrected chi connectivity index (χ1v) is 12.7. The van der Waals surface area contributed by atoms with Gasteiger partial charge >= 0.3 is 0 Å². The van der Waals surface area contributed by atoms with Gasteiger partial charge in [-0.1, -0.05) is 79.2 Å². The van der Waals surface area contributed by atoms with E-state index in [9.17, 15) is 9.59 Å². The van der Waals surface area contributed by atoms with E-state index in [0.717, 1.165) is 34.2 Å². The van der Waals surface area contributed by atoms with E-state index in [1.54, 1.807) is 4.90 Å². The van der Waals surface area contributed by atoms with Gasteiger partial charge in [-0.15, -0.1) is 0 Å². The molecule has 0 aromatic heterocycles. The van der Waals surface area contributed by atoms with Crippen molar-refractivity contribution in [3.63, 3.8) is 0 Å². The monoisotopic (exact) mass is 486 g/mol. The van der Waals surface area contributed by atoms with Crippen LogP contribution in [0.15, 0.2) is 72.8 Å². The molecule has 2 atom stereocenters. The fourth-order valence-electron chi connectivity index (χ4n) is 3.99. The van der Waals surface area contributed by atoms with Crippen LogP contribution in [0.2, 0.25) is 0 Å². The molecule has 0 saturated carbocycles. The summed E-state index contributed by atoms with van der Waals surface area (Å²) in [6.45, 7) is 10.2. The molecule has 0 aliphatic rings. The van der Waals surface area contributed by atoms with Crippen molar-refractivity contribution in [1.29, 1.82) is 0 Å². The van der Waals surface area contributed by atoms with E-state index in [2.05, 4.69) is 5.32 Å². The van der Waals surface area contributed by atoms with Crippen LogP contribution in [0.4, 0.5) is 0 Å². The van der Waals surface area contributed by atoms with E-state index in [0.29, 0.717) is 18.7 Å². The molecule has 3 aromatic carbocycles. The Morgan fingerprint density at radius 1 is 0.889 bits per heavy atom. The molecule has 0 spiro atoms. The Kier molecular flexibility index (Phi) is 9.69. The first-order chi connectivity index (χ1) is 17.3. The van der Waals surface area contributed by atoms with Crippen LogP contribution in [-0.2, 0) is 22.6 Å². The minimum absolute atomic E-state index is 0.0123. The Morgan fingerprint density at radius 3 is 2.25 bits per heavy atom. The zero-order valence-corrected chi connectivity index (χ0v) is 22.1. The molecule has 0 heterocycles. The molecule has 3 rings (SSSR count). The highest BCUT2D eigenvalue weighted by Gasteiger charge is 2.31. The molecule has 1 N–H and O–H groups in total. The van der Waals surface area contributed by atoms with Gasteiger partial charge in [0.1, 0.15) is 11.8 Å². The first kappa shape index (κ1) is 27.0. The highest BCUT2D eigenvalue weighted by atomic mass is 16.5. The number of nitrogens with zero attached hydrogens (tertiary/aromatic N) is 1. The maximum atomic E-state index is 13.7. The molecule has 0 aliphatic heterocycles. The zero-order chi connectivity index (χ0) is 26.1. The van der Waals surface area contributed by atoms with E-state index in [1.165, 1.54) is 0 Å². The fraction of sp³-hybridized carbons (Fsp3) is 0.355. The smallest absolute Gasteiger partial charge is 0.261 e. The van der Waals surface area contributed by atoms with E-state index in [-0.39, 0.29) is 24.5 Å². The molecule has 0 radical (unpaired) electrons. The lowest BCUT2D eigenvalue weighted by atomic mass is 10.0. The molecular formula is C31H38N2O3. The number of benzene rings is 3. The lowest BCUT2D eigenvalue weighted by molar-refractivity contribution is -0.143. The lowest BCUT2D eigenvalue weighted by Gasteiger charge is -2.32. The van der Waals surface area contributed by atoms with Gasteiger partial charge in [0.2, 0.25) is 5.91 Å². The van der Waals surface area contributed by atoms with Crippen LogP contribution in [0.1, 0.15) is 48.1 Å². The van der Waals surface area contributed by atoms with Crippen molar-refractivity contribution in [3.8, 4) is 5.75 Å². The number of amides is 2. The summed E-state index contributed by atoms with van der Waals surface area (Å²) in [6.07, 6.45) is 1.23. The number of aryl methyl sites for hydroxylation is 2. The molecule has 190 valence electrons. The van der Waals surface area contributed by atoms with Crippen LogP contribution in [0, 0.1) is 20.8 Å². The van der Waals surface area contributed by atoms with E-state index in [4.69, 9.17) is 4.74 Å². The molecular weight excluding hydrogens is 448 g/mol. The Bertz CT molecular complexity index is 1140. The fourth-order valence-corrected chi connectivity index (χ4v) is 3.99. The first-order valence-electron chi connectivity index (χ1n) is 12.7. The van der Waals surface area contributed by atoms with Crippen molar-refractivity contribution in [2.75, 3.05) is 6.61 Å². The normalized spacial score (nSPS) is 12.5. The van der Waals surface area contributed by atoms with Crippen molar-refractivity contribution in [3.05, 3.63) is 101 Å². The molecule has 0 aliphatic carbocycles. The number of rotatable bonds is 11. The van der Waals surface area contributed by atoms with Crippen LogP contribution in [0.25, 0.3) is 0 Å². The summed E-state index contributed by atoms with van der Waals surface area (Å²) in [5.41, 5.74) is 5.22. The summed E-state index contributed by atoms with van der Waals surface area (Å²) in [5.74, 6) is 0.305. The average Bonchev–Trinajstić information content (AvgIpc) is 2.88. The van der Waals surface area contributed by atoms with Gasteiger partial charge < -0.3 is 15.0 Å². The second-order valence-corrected chi connectivity index (χ2v) is 9.52. The van der Waals surface area contributed by atoms with E-state index < -0.39 is 6.04 Å². The Labute approximate surface area is 215 Å². The number of carbonyl (C=O) groups is 2. The van der Waals surface area contributed by atoms with Crippen LogP contribution in [-0.4, -0.2) is 35.4 Å². The summed E-state index contributed by atoms with van der Waals surface area (Å²) in [6, 6.07) is 23.1. The third-order valence-corrected chi connectivity index (χ3v) is 6.65. The van der Waals surface area contributed by atoms with Gasteiger partial charge in [0.25, 0.3) is 5.91 Å². The number of carbonyl (C=O) groups excluding carboxylic acids is 2. The number of ether oxygens (including phenoxy) is 1. The molecule has 5 heteroatoms. The van der Waals surface area contributed by atoms with Gasteiger partial charge in [0.05, 0.1) is 0 Å². The number of hydrogen-bond acceptors (Lipinski definition) is 3. The summed E-state index contributed by atoms with van der Waals surface area (Å²) < 4.78 is 5.98. The van der Waals surface area contributed by atoms with Crippen LogP contribution in [0.3, 0.4) is 0 Å². The minimum atomic E-state index is -0.669. The summed E-state index contributed by atoms with van der Waals surface area (Å²) in [4.78, 5) is 28.9. The van der Waals surface area contributed by atoms with Gasteiger partial charge in [0.15, 0.2) is 6.61 Å². The van der Waals surface area contributed by atoms with E-state index >= 15 is 0 Å². The van der Waals surface area contributed by atoms with Crippen molar-refractivity contribution < 1.29 is 14.3 Å². The molecule has 0 unspecified atom stereocenters. The van der Waals surface area contributed by atoms with E-state index in [1.807, 2.05) is 107 Å². The molecule has 0 saturated heterocycles. The van der Waals surface area contributed by atoms with Crippen molar-refractivity contribution in [1.82, 2.24) is 10.2 Å². The molecule has 0 bridgehead atoms. The van der Waals surface area contributed by atoms with Crippen molar-refractivity contribution in [2.45, 2.75) is 66.1 Å². The van der Waals surface area contributed by atoms with Crippen LogP contribution < -0.4 is 10.1 Å². The highest BCUT2D eigenvalue weighted by molar-refractivity contribution is 5.88. The Morgan fingerprint density at radius 2 is 1.58 bits per heavy atom. The third kappa shape index (κ3) is 7.45. The summed E-state index contributed by atoms with van der Waals surface area (Å²) in [5, 5.41) is 3.10. The zero-order valence-electron chi connectivity index (χ0n) is 22.1. The predicted molar refractivity (Wildman–Crippen MR) is 145 cm³/mol. The standard InChI is InChI=1S/C31H38N2O3/c1-6-24(4)32-31(35)28(19-26-12-8-7-9-13-26)33(20-27-17-15-22(2)16-18-27)30(34)21-36-29-14-10-11-23(3)25(29)5/h7-18,24,28H,6,19-21H2,1-5H3,(H,32,35)/t24-,28-/m1/s1. The summed E-state index contributed by atoms with van der Waals surface area (Å²) in [7, 11) is 0. The van der Waals surface area contributed by atoms with Gasteiger partial charge in [-0.05, 0) is 62.4 Å². The predicted octanol–water partition coefficient (Wildman–Crippen LogP) is 5.55. The molecule has 5 nitrogen and oxygen atoms in total. The van der Waals surface area contributed by atoms with Gasteiger partial charge in [-0.2, -0.15) is 0 Å². The summed E-state index contributed by atoms with van der Waals surface area (Å²) >= 11 is 0. The van der Waals surface area contributed by atoms with Gasteiger partial charge in [-0.25, -0.2) is 0 Å². The third-order valence-electron chi connectivity index (χ3n) is 6.65. The highest BCUT2D eigenvalue weighted by Crippen LogP contribution is 2.21. The lowest BCUT2D eigenvalue weighted by Crippen LogP contribution is -2.53. The SMILES string of the molecule is CC[C@@H](C)NC(=O)[C@@H](Cc1ccccc1)N(Cc1ccc(C)cc1)C(=O)COc1cccc(C)c1C. The van der Waals surface area contributed by atoms with Gasteiger partial charge in [-0.3, -0.25) is 9.59 Å².